The molecule has 2 fully saturated rings. The van der Waals surface area contributed by atoms with Crippen molar-refractivity contribution in [1.82, 2.24) is 9.80 Å². The molecule has 0 bridgehead atoms. The van der Waals surface area contributed by atoms with Crippen molar-refractivity contribution >= 4 is 17.4 Å². The number of piperidine rings is 1. The summed E-state index contributed by atoms with van der Waals surface area (Å²) >= 11 is 0. The Bertz CT molecular complexity index is 1380. The third-order valence-electron chi connectivity index (χ3n) is 9.61. The third kappa shape index (κ3) is 4.65. The van der Waals surface area contributed by atoms with Crippen molar-refractivity contribution in [2.24, 2.45) is 23.5 Å². The molecule has 230 valence electrons. The first-order chi connectivity index (χ1) is 19.6. The molecule has 0 aromatic heterocycles. The van der Waals surface area contributed by atoms with Crippen LogP contribution in [0.15, 0.2) is 23.0 Å². The average Bonchev–Trinajstić information content (AvgIpc) is 2.90. The van der Waals surface area contributed by atoms with E-state index >= 15 is 4.39 Å². The number of hydrogen-bond acceptors (Lipinski definition) is 8. The number of carbonyl (C=O) groups excluding carboxylic acids is 2. The summed E-state index contributed by atoms with van der Waals surface area (Å²) in [5.74, 6) is -6.35. The number of likely N-dealkylation sites (N-methyl/N-ethyl adjacent to an activating group) is 1. The summed E-state index contributed by atoms with van der Waals surface area (Å²) in [6.07, 6.45) is -4.68. The second-order valence-corrected chi connectivity index (χ2v) is 12.1. The Morgan fingerprint density at radius 2 is 1.86 bits per heavy atom. The highest BCUT2D eigenvalue weighted by molar-refractivity contribution is 6.10. The Labute approximate surface area is 240 Å². The van der Waals surface area contributed by atoms with Gasteiger partial charge in [-0.15, -0.1) is 0 Å². The van der Waals surface area contributed by atoms with Gasteiger partial charge in [-0.05, 0) is 64.9 Å². The molecule has 0 radical (unpaired) electrons. The van der Waals surface area contributed by atoms with Gasteiger partial charge in [0.05, 0.1) is 23.1 Å². The number of hydrogen-bond donors (Lipinski definition) is 4. The fourth-order valence-electron chi connectivity index (χ4n) is 7.50. The number of ether oxygens (including phenoxy) is 1. The molecule has 4 atom stereocenters. The third-order valence-corrected chi connectivity index (χ3v) is 9.61. The molecule has 0 spiro atoms. The van der Waals surface area contributed by atoms with Crippen LogP contribution in [0.5, 0.6) is 5.75 Å². The van der Waals surface area contributed by atoms with Gasteiger partial charge in [-0.3, -0.25) is 19.4 Å². The van der Waals surface area contributed by atoms with E-state index in [1.165, 1.54) is 7.11 Å². The molecule has 1 saturated carbocycles. The Morgan fingerprint density at radius 1 is 1.21 bits per heavy atom. The zero-order chi connectivity index (χ0) is 30.9. The van der Waals surface area contributed by atoms with Gasteiger partial charge in [-0.25, -0.2) is 4.39 Å². The van der Waals surface area contributed by atoms with Crippen LogP contribution in [0.2, 0.25) is 0 Å². The molecule has 1 amide bonds. The van der Waals surface area contributed by atoms with Gasteiger partial charge < -0.3 is 25.8 Å². The van der Waals surface area contributed by atoms with Crippen molar-refractivity contribution in [3.8, 4) is 5.75 Å². The topological polar surface area (TPSA) is 137 Å². The molecule has 1 aromatic rings. The highest BCUT2D eigenvalue weighted by Gasteiger charge is 2.61. The molecule has 1 heterocycles. The Morgan fingerprint density at radius 3 is 2.40 bits per heavy atom. The van der Waals surface area contributed by atoms with Crippen molar-refractivity contribution in [3.63, 3.8) is 0 Å². The summed E-state index contributed by atoms with van der Waals surface area (Å²) in [6, 6.07) is 0.303. The summed E-state index contributed by atoms with van der Waals surface area (Å²) in [4.78, 5) is 29.7. The predicted octanol–water partition coefficient (Wildman–Crippen LogP) is 3.35. The maximum Gasteiger partial charge on any atom is 0.391 e. The van der Waals surface area contributed by atoms with Gasteiger partial charge in [0.25, 0.3) is 0 Å². The Hall–Kier alpha value is -3.16. The van der Waals surface area contributed by atoms with Crippen molar-refractivity contribution in [2.75, 3.05) is 34.3 Å². The number of halogens is 4. The van der Waals surface area contributed by atoms with Crippen LogP contribution in [0.1, 0.15) is 42.4 Å². The monoisotopic (exact) mass is 597 g/mol. The van der Waals surface area contributed by atoms with Gasteiger partial charge in [0.1, 0.15) is 28.7 Å². The standard InChI is InChI=1S/C29H35F4N3O6/c1-35(2)23-18-9-13-8-16-21(25(39)20(13)26(40)28(18,42-3)11-17(24(23)38)27(34)41)19(37)10-14(22(16)30)12-36-6-4-15(5-7-36)29(31,32)33/h10,13,15,18,23,37-39H,4-9,11-12H2,1-3H3,(H2,34,41)/t13-,18-,23-,28-/m0/s1. The van der Waals surface area contributed by atoms with Crippen LogP contribution in [-0.2, 0) is 27.3 Å². The number of likely N-dealkylation sites (tertiary alicyclic amines) is 1. The van der Waals surface area contributed by atoms with Gasteiger partial charge in [-0.1, -0.05) is 0 Å². The minimum atomic E-state index is -4.28. The maximum absolute atomic E-state index is 16.0. The number of phenolic OH excluding ortho intramolecular Hbond substituents is 1. The lowest BCUT2D eigenvalue weighted by atomic mass is 9.57. The van der Waals surface area contributed by atoms with E-state index < -0.39 is 64.6 Å². The van der Waals surface area contributed by atoms with Crippen LogP contribution in [0.4, 0.5) is 17.6 Å². The van der Waals surface area contributed by atoms with Gasteiger partial charge in [0.15, 0.2) is 5.78 Å². The highest BCUT2D eigenvalue weighted by Crippen LogP contribution is 2.54. The summed E-state index contributed by atoms with van der Waals surface area (Å²) in [6.45, 7) is 0.209. The van der Waals surface area contributed by atoms with Crippen LogP contribution in [0.25, 0.3) is 5.76 Å². The number of amides is 1. The lowest BCUT2D eigenvalue weighted by Gasteiger charge is -2.53. The van der Waals surface area contributed by atoms with E-state index in [1.54, 1.807) is 23.9 Å². The number of phenols is 1. The first-order valence-electron chi connectivity index (χ1n) is 13.9. The molecule has 4 aliphatic rings. The number of aliphatic hydroxyl groups excluding tert-OH is 2. The average molecular weight is 598 g/mol. The summed E-state index contributed by atoms with van der Waals surface area (Å²) in [5, 5.41) is 33.3. The largest absolute Gasteiger partial charge is 0.510 e. The Kier molecular flexibility index (Phi) is 7.60. The summed E-state index contributed by atoms with van der Waals surface area (Å²) in [7, 11) is 4.63. The zero-order valence-electron chi connectivity index (χ0n) is 23.6. The van der Waals surface area contributed by atoms with E-state index in [0.717, 1.165) is 6.07 Å². The van der Waals surface area contributed by atoms with Crippen LogP contribution < -0.4 is 5.73 Å². The molecule has 5 N–H and O–H groups in total. The zero-order valence-corrected chi connectivity index (χ0v) is 23.6. The molecular weight excluding hydrogens is 562 g/mol. The maximum atomic E-state index is 16.0. The molecule has 1 aliphatic heterocycles. The van der Waals surface area contributed by atoms with Crippen molar-refractivity contribution < 1.29 is 47.2 Å². The molecule has 5 rings (SSSR count). The lowest BCUT2D eigenvalue weighted by Crippen LogP contribution is -2.63. The number of rotatable bonds is 5. The fourth-order valence-corrected chi connectivity index (χ4v) is 7.50. The van der Waals surface area contributed by atoms with E-state index in [-0.39, 0.29) is 85.3 Å². The number of aromatic hydroxyl groups is 1. The van der Waals surface area contributed by atoms with E-state index in [9.17, 15) is 38.1 Å². The molecule has 9 nitrogen and oxygen atoms in total. The number of fused-ring (bicyclic) bond motifs is 3. The first kappa shape index (κ1) is 30.3. The molecule has 0 unspecified atom stereocenters. The summed E-state index contributed by atoms with van der Waals surface area (Å²) < 4.78 is 61.0. The fraction of sp³-hybridized carbons (Fsp3) is 0.586. The SMILES string of the molecule is CO[C@@]12CC(C(N)=O)=C(O)[C@@H](N(C)C)[C@@H]1C[C@@H]1Cc3c(F)c(CN4CCC(C(F)(F)F)CC4)cc(O)c3C(O)=C1C2=O. The van der Waals surface area contributed by atoms with E-state index in [1.807, 2.05) is 0 Å². The number of methoxy groups -OCH3 is 1. The highest BCUT2D eigenvalue weighted by atomic mass is 19.4. The Balaban J connectivity index is 1.52. The quantitative estimate of drug-likeness (QED) is 0.380. The van der Waals surface area contributed by atoms with Crippen LogP contribution >= 0.6 is 0 Å². The predicted molar refractivity (Wildman–Crippen MR) is 143 cm³/mol. The lowest BCUT2D eigenvalue weighted by molar-refractivity contribution is -0.185. The molecule has 3 aliphatic carbocycles. The number of aliphatic hydroxyl groups is 2. The number of benzene rings is 1. The van der Waals surface area contributed by atoms with Crippen LogP contribution in [0.3, 0.4) is 0 Å². The molecular formula is C29H35F4N3O6. The summed E-state index contributed by atoms with van der Waals surface area (Å²) in [5.41, 5.74) is 3.54. The number of nitrogens with two attached hydrogens (primary N) is 1. The minimum Gasteiger partial charge on any atom is -0.510 e. The van der Waals surface area contributed by atoms with Crippen molar-refractivity contribution in [3.05, 3.63) is 45.5 Å². The smallest absolute Gasteiger partial charge is 0.391 e. The molecule has 1 aromatic carbocycles. The first-order valence-corrected chi connectivity index (χ1v) is 13.9. The van der Waals surface area contributed by atoms with Crippen LogP contribution in [-0.4, -0.2) is 88.9 Å². The number of ketones is 1. The number of primary amides is 1. The van der Waals surface area contributed by atoms with Gasteiger partial charge in [0, 0.05) is 42.7 Å². The van der Waals surface area contributed by atoms with Gasteiger partial charge in [-0.2, -0.15) is 13.2 Å². The van der Waals surface area contributed by atoms with Crippen molar-refractivity contribution in [2.45, 2.75) is 56.5 Å². The molecule has 1 saturated heterocycles. The van der Waals surface area contributed by atoms with E-state index in [4.69, 9.17) is 10.5 Å². The van der Waals surface area contributed by atoms with Crippen molar-refractivity contribution in [1.29, 1.82) is 0 Å². The number of alkyl halides is 3. The number of nitrogens with zero attached hydrogens (tertiary/aromatic N) is 2. The number of carbonyl (C=O) groups is 2. The normalized spacial score (nSPS) is 29.0. The van der Waals surface area contributed by atoms with Crippen LogP contribution in [0, 0.1) is 23.6 Å². The second kappa shape index (κ2) is 10.5. The second-order valence-electron chi connectivity index (χ2n) is 12.1. The van der Waals surface area contributed by atoms with Gasteiger partial charge in [0.2, 0.25) is 5.91 Å². The van der Waals surface area contributed by atoms with Gasteiger partial charge >= 0.3 is 6.18 Å². The number of Topliss-reactive ketones (excluding diaryl/α,β-unsaturated/α-hetero) is 1. The molecule has 13 heteroatoms. The molecule has 42 heavy (non-hydrogen) atoms. The van der Waals surface area contributed by atoms with E-state index in [2.05, 4.69) is 0 Å². The van der Waals surface area contributed by atoms with E-state index in [0.29, 0.717) is 0 Å². The minimum absolute atomic E-state index is 0.00828.